The smallest absolute Gasteiger partial charge is 0.234 e. The molecule has 3 fully saturated rings. The third kappa shape index (κ3) is 4.36. The lowest BCUT2D eigenvalue weighted by Crippen LogP contribution is -2.44. The maximum Gasteiger partial charge on any atom is 0.234 e. The molecule has 1 aliphatic carbocycles. The Hall–Kier alpha value is -1.57. The number of aliphatic hydroxyl groups excluding tert-OH is 1. The van der Waals surface area contributed by atoms with Crippen molar-refractivity contribution < 1.29 is 9.90 Å². The molecular weight excluding hydrogens is 354 g/mol. The van der Waals surface area contributed by atoms with Crippen molar-refractivity contribution in [1.29, 1.82) is 0 Å². The van der Waals surface area contributed by atoms with E-state index in [9.17, 15) is 9.90 Å². The average molecular weight is 388 g/mol. The number of likely N-dealkylation sites (tertiary alicyclic amines) is 2. The second-order valence-corrected chi connectivity index (χ2v) is 9.05. The number of aliphatic hydroxyl groups is 1. The number of rotatable bonds is 6. The van der Waals surface area contributed by atoms with E-state index in [1.165, 1.54) is 19.3 Å². The monoisotopic (exact) mass is 387 g/mol. The Morgan fingerprint density at radius 3 is 2.71 bits per heavy atom. The second-order valence-electron chi connectivity index (χ2n) is 9.05. The lowest BCUT2D eigenvalue weighted by molar-refractivity contribution is -0.123. The van der Waals surface area contributed by atoms with Crippen LogP contribution in [0, 0.1) is 18.3 Å². The van der Waals surface area contributed by atoms with Crippen LogP contribution in [0.3, 0.4) is 0 Å². The molecule has 1 aromatic heterocycles. The summed E-state index contributed by atoms with van der Waals surface area (Å²) in [5.41, 5.74) is 0.914. The van der Waals surface area contributed by atoms with Gasteiger partial charge in [0.25, 0.3) is 0 Å². The van der Waals surface area contributed by atoms with Crippen LogP contribution in [0.1, 0.15) is 43.6 Å². The molecule has 4 rings (SSSR count). The maximum absolute atomic E-state index is 12.5. The average Bonchev–Trinajstić information content (AvgIpc) is 3.15. The Bertz CT molecular complexity index is 693. The summed E-state index contributed by atoms with van der Waals surface area (Å²) in [5, 5.41) is 13.4. The highest BCUT2D eigenvalue weighted by Crippen LogP contribution is 2.42. The van der Waals surface area contributed by atoms with Crippen LogP contribution in [-0.2, 0) is 11.3 Å². The number of hydrogen-bond donors (Lipinski definition) is 2. The fourth-order valence-electron chi connectivity index (χ4n) is 5.41. The molecule has 2 N–H and O–H groups in total. The molecule has 0 aromatic carbocycles. The summed E-state index contributed by atoms with van der Waals surface area (Å²) in [4.78, 5) is 25.8. The zero-order chi connectivity index (χ0) is 19.6. The molecule has 7 nitrogen and oxygen atoms in total. The van der Waals surface area contributed by atoms with Gasteiger partial charge in [-0.15, -0.1) is 0 Å². The van der Waals surface area contributed by atoms with E-state index in [1.807, 2.05) is 19.2 Å². The third-order valence-electron chi connectivity index (χ3n) is 6.77. The van der Waals surface area contributed by atoms with Crippen molar-refractivity contribution in [1.82, 2.24) is 25.1 Å². The third-order valence-corrected chi connectivity index (χ3v) is 6.77. The van der Waals surface area contributed by atoms with Crippen LogP contribution in [0.2, 0.25) is 0 Å². The highest BCUT2D eigenvalue weighted by molar-refractivity contribution is 5.78. The Morgan fingerprint density at radius 1 is 1.25 bits per heavy atom. The van der Waals surface area contributed by atoms with Gasteiger partial charge in [-0.2, -0.15) is 0 Å². The Kier molecular flexibility index (Phi) is 5.94. The van der Waals surface area contributed by atoms with Crippen molar-refractivity contribution in [2.75, 3.05) is 39.3 Å². The van der Waals surface area contributed by atoms with Gasteiger partial charge in [0.2, 0.25) is 5.91 Å². The summed E-state index contributed by atoms with van der Waals surface area (Å²) in [5.74, 6) is 1.35. The first-order valence-electron chi connectivity index (χ1n) is 10.7. The van der Waals surface area contributed by atoms with Crippen molar-refractivity contribution in [2.45, 2.75) is 51.6 Å². The number of carbonyl (C=O) groups is 1. The standard InChI is InChI=1S/C21H33N5O2/c1-16-22-8-7-19(23-16)11-25-9-17-10-26(14-21(17,13-25)15-27)12-20(28)24-18-5-3-2-4-6-18/h7-8,17-18,27H,2-6,9-15H2,1H3,(H,24,28). The minimum atomic E-state index is -0.118. The van der Waals surface area contributed by atoms with Gasteiger partial charge >= 0.3 is 0 Å². The van der Waals surface area contributed by atoms with Gasteiger partial charge in [0.1, 0.15) is 5.82 Å². The molecule has 2 saturated heterocycles. The van der Waals surface area contributed by atoms with Crippen LogP contribution in [0.4, 0.5) is 0 Å². The molecule has 28 heavy (non-hydrogen) atoms. The summed E-state index contributed by atoms with van der Waals surface area (Å²) < 4.78 is 0. The van der Waals surface area contributed by atoms with Gasteiger partial charge in [-0.05, 0) is 31.7 Å². The van der Waals surface area contributed by atoms with Crippen molar-refractivity contribution in [3.63, 3.8) is 0 Å². The number of aryl methyl sites for hydroxylation is 1. The largest absolute Gasteiger partial charge is 0.396 e. The Balaban J connectivity index is 1.30. The lowest BCUT2D eigenvalue weighted by atomic mass is 9.82. The van der Waals surface area contributed by atoms with E-state index in [1.54, 1.807) is 0 Å². The molecule has 1 amide bonds. The lowest BCUT2D eigenvalue weighted by Gasteiger charge is -2.28. The normalized spacial score (nSPS) is 29.1. The molecule has 3 aliphatic rings. The van der Waals surface area contributed by atoms with Gasteiger partial charge in [-0.1, -0.05) is 19.3 Å². The number of hydrogen-bond acceptors (Lipinski definition) is 6. The van der Waals surface area contributed by atoms with E-state index in [0.717, 1.165) is 57.1 Å². The molecule has 0 spiro atoms. The minimum absolute atomic E-state index is 0.118. The molecule has 2 atom stereocenters. The quantitative estimate of drug-likeness (QED) is 0.757. The number of nitrogens with zero attached hydrogens (tertiary/aromatic N) is 4. The molecule has 7 heteroatoms. The first-order valence-corrected chi connectivity index (χ1v) is 10.7. The van der Waals surface area contributed by atoms with E-state index in [4.69, 9.17) is 0 Å². The number of amides is 1. The molecule has 0 bridgehead atoms. The second kappa shape index (κ2) is 8.43. The predicted octanol–water partition coefficient (Wildman–Crippen LogP) is 0.960. The van der Waals surface area contributed by atoms with Crippen molar-refractivity contribution in [3.8, 4) is 0 Å². The number of fused-ring (bicyclic) bond motifs is 1. The number of nitrogens with one attached hydrogen (secondary N) is 1. The summed E-state index contributed by atoms with van der Waals surface area (Å²) in [6.07, 6.45) is 7.80. The van der Waals surface area contributed by atoms with Gasteiger partial charge in [0, 0.05) is 50.4 Å². The van der Waals surface area contributed by atoms with Gasteiger partial charge in [-0.3, -0.25) is 14.6 Å². The van der Waals surface area contributed by atoms with Gasteiger partial charge < -0.3 is 10.4 Å². The van der Waals surface area contributed by atoms with Crippen molar-refractivity contribution in [3.05, 3.63) is 23.8 Å². The molecular formula is C21H33N5O2. The maximum atomic E-state index is 12.5. The molecule has 3 heterocycles. The molecule has 154 valence electrons. The Labute approximate surface area is 167 Å². The minimum Gasteiger partial charge on any atom is -0.396 e. The molecule has 2 unspecified atom stereocenters. The van der Waals surface area contributed by atoms with Gasteiger partial charge in [0.15, 0.2) is 0 Å². The van der Waals surface area contributed by atoms with E-state index < -0.39 is 0 Å². The first kappa shape index (κ1) is 19.7. The van der Waals surface area contributed by atoms with Gasteiger partial charge in [-0.25, -0.2) is 9.97 Å². The highest BCUT2D eigenvalue weighted by atomic mass is 16.3. The van der Waals surface area contributed by atoms with Crippen LogP contribution in [0.25, 0.3) is 0 Å². The molecule has 1 aromatic rings. The topological polar surface area (TPSA) is 81.6 Å². The summed E-state index contributed by atoms with van der Waals surface area (Å²) >= 11 is 0. The summed E-state index contributed by atoms with van der Waals surface area (Å²) in [6, 6.07) is 2.33. The number of aromatic nitrogens is 2. The fourth-order valence-corrected chi connectivity index (χ4v) is 5.41. The predicted molar refractivity (Wildman–Crippen MR) is 107 cm³/mol. The first-order chi connectivity index (χ1) is 13.6. The van der Waals surface area contributed by atoms with Crippen LogP contribution >= 0.6 is 0 Å². The van der Waals surface area contributed by atoms with E-state index in [2.05, 4.69) is 25.1 Å². The Morgan fingerprint density at radius 2 is 2.00 bits per heavy atom. The van der Waals surface area contributed by atoms with Gasteiger partial charge in [0.05, 0.1) is 18.8 Å². The van der Waals surface area contributed by atoms with Crippen LogP contribution < -0.4 is 5.32 Å². The van der Waals surface area contributed by atoms with Crippen LogP contribution in [0.15, 0.2) is 12.3 Å². The summed E-state index contributed by atoms with van der Waals surface area (Å²) in [6.45, 7) is 6.83. The fraction of sp³-hybridized carbons (Fsp3) is 0.762. The van der Waals surface area contributed by atoms with Crippen LogP contribution in [-0.4, -0.2) is 76.2 Å². The zero-order valence-electron chi connectivity index (χ0n) is 16.9. The highest BCUT2D eigenvalue weighted by Gasteiger charge is 2.52. The van der Waals surface area contributed by atoms with E-state index in [0.29, 0.717) is 18.5 Å². The van der Waals surface area contributed by atoms with Crippen molar-refractivity contribution in [2.24, 2.45) is 11.3 Å². The van der Waals surface area contributed by atoms with E-state index in [-0.39, 0.29) is 17.9 Å². The molecule has 0 radical (unpaired) electrons. The van der Waals surface area contributed by atoms with E-state index >= 15 is 0 Å². The molecule has 2 aliphatic heterocycles. The molecule has 1 saturated carbocycles. The number of carbonyl (C=O) groups excluding carboxylic acids is 1. The van der Waals surface area contributed by atoms with Crippen LogP contribution in [0.5, 0.6) is 0 Å². The SMILES string of the molecule is Cc1nccc(CN2CC3CN(CC(=O)NC4CCCCC4)CC3(CO)C2)n1. The summed E-state index contributed by atoms with van der Waals surface area (Å²) in [7, 11) is 0. The van der Waals surface area contributed by atoms with Crippen molar-refractivity contribution >= 4 is 5.91 Å². The zero-order valence-corrected chi connectivity index (χ0v) is 16.9.